The van der Waals surface area contributed by atoms with Crippen LogP contribution in [0.5, 0.6) is 0 Å². The summed E-state index contributed by atoms with van der Waals surface area (Å²) in [7, 11) is 0. The molecule has 0 saturated heterocycles. The third-order valence-corrected chi connectivity index (χ3v) is 8.50. The molecule has 2 heterocycles. The number of carbonyl (C=O) groups excluding carboxylic acids is 1. The molecular formula is C29H25N3OS2. The lowest BCUT2D eigenvalue weighted by Gasteiger charge is -2.09. The fourth-order valence-corrected chi connectivity index (χ4v) is 6.67. The third-order valence-electron chi connectivity index (χ3n) is 6.67. The molecule has 1 aliphatic carbocycles. The normalized spacial score (nSPS) is 12.4. The van der Waals surface area contributed by atoms with Crippen LogP contribution in [0.1, 0.15) is 22.5 Å². The Morgan fingerprint density at radius 1 is 1.03 bits per heavy atom. The number of nitrogens with zero attached hydrogens (tertiary/aromatic N) is 2. The van der Waals surface area contributed by atoms with Crippen LogP contribution in [0.2, 0.25) is 0 Å². The highest BCUT2D eigenvalue weighted by Gasteiger charge is 2.18. The number of rotatable bonds is 6. The first-order valence-electron chi connectivity index (χ1n) is 11.7. The van der Waals surface area contributed by atoms with Gasteiger partial charge in [-0.25, -0.2) is 4.98 Å². The van der Waals surface area contributed by atoms with Crippen molar-refractivity contribution < 1.29 is 4.79 Å². The number of aryl methyl sites for hydroxylation is 3. The fraction of sp³-hybridized carbons (Fsp3) is 0.172. The van der Waals surface area contributed by atoms with Gasteiger partial charge in [-0.15, -0.1) is 23.1 Å². The number of benzene rings is 3. The van der Waals surface area contributed by atoms with Crippen LogP contribution in [0.3, 0.4) is 0 Å². The van der Waals surface area contributed by atoms with Gasteiger partial charge < -0.3 is 9.88 Å². The number of hydrogen-bond acceptors (Lipinski definition) is 4. The van der Waals surface area contributed by atoms with E-state index in [0.717, 1.165) is 46.1 Å². The van der Waals surface area contributed by atoms with Gasteiger partial charge in [-0.3, -0.25) is 4.79 Å². The van der Waals surface area contributed by atoms with Crippen LogP contribution in [0.4, 0.5) is 5.13 Å². The second-order valence-electron chi connectivity index (χ2n) is 8.89. The van der Waals surface area contributed by atoms with E-state index in [-0.39, 0.29) is 5.91 Å². The Hall–Kier alpha value is -3.35. The largest absolute Gasteiger partial charge is 0.318 e. The summed E-state index contributed by atoms with van der Waals surface area (Å²) in [6.07, 6.45) is 2.22. The van der Waals surface area contributed by atoms with E-state index in [0.29, 0.717) is 10.9 Å². The molecule has 1 aliphatic rings. The second-order valence-corrected chi connectivity index (χ2v) is 10.8. The fourth-order valence-electron chi connectivity index (χ4n) is 5.10. The Balaban J connectivity index is 1.17. The van der Waals surface area contributed by atoms with Gasteiger partial charge in [0.15, 0.2) is 5.13 Å². The molecule has 5 aromatic rings. The molecule has 4 nitrogen and oxygen atoms in total. The number of anilines is 1. The van der Waals surface area contributed by atoms with E-state index < -0.39 is 0 Å². The lowest BCUT2D eigenvalue weighted by atomic mass is 10.1. The summed E-state index contributed by atoms with van der Waals surface area (Å²) in [5.74, 6) is 0.324. The molecule has 174 valence electrons. The van der Waals surface area contributed by atoms with Gasteiger partial charge in [-0.1, -0.05) is 42.5 Å². The summed E-state index contributed by atoms with van der Waals surface area (Å²) in [5.41, 5.74) is 8.25. The van der Waals surface area contributed by atoms with Crippen molar-refractivity contribution in [3.05, 3.63) is 94.6 Å². The van der Waals surface area contributed by atoms with Crippen LogP contribution in [-0.2, 0) is 17.6 Å². The minimum absolute atomic E-state index is 0.0334. The molecule has 0 bridgehead atoms. The quantitative estimate of drug-likeness (QED) is 0.253. The van der Waals surface area contributed by atoms with Crippen molar-refractivity contribution in [2.45, 2.75) is 31.6 Å². The van der Waals surface area contributed by atoms with Gasteiger partial charge in [-0.2, -0.15) is 0 Å². The molecule has 0 unspecified atom stereocenters. The van der Waals surface area contributed by atoms with Crippen molar-refractivity contribution in [3.8, 4) is 16.9 Å². The van der Waals surface area contributed by atoms with Gasteiger partial charge in [0.2, 0.25) is 5.91 Å². The van der Waals surface area contributed by atoms with Gasteiger partial charge in [0, 0.05) is 32.9 Å². The van der Waals surface area contributed by atoms with Gasteiger partial charge >= 0.3 is 0 Å². The SMILES string of the molecule is Cc1cc(-c2csc(NC(=O)CSc3ccc4c5c(cccc35)CC4)n2)c(C)n1-c1ccccc1. The number of nitrogens with one attached hydrogen (secondary N) is 1. The maximum absolute atomic E-state index is 12.8. The van der Waals surface area contributed by atoms with Crippen LogP contribution in [0.15, 0.2) is 77.0 Å². The molecule has 0 saturated carbocycles. The number of carbonyl (C=O) groups is 1. The number of hydrogen-bond donors (Lipinski definition) is 1. The number of thioether (sulfide) groups is 1. The first-order chi connectivity index (χ1) is 17.1. The Morgan fingerprint density at radius 2 is 1.83 bits per heavy atom. The zero-order valence-corrected chi connectivity index (χ0v) is 21.3. The van der Waals surface area contributed by atoms with E-state index >= 15 is 0 Å². The van der Waals surface area contributed by atoms with Crippen molar-refractivity contribution in [1.29, 1.82) is 0 Å². The minimum Gasteiger partial charge on any atom is -0.318 e. The van der Waals surface area contributed by atoms with E-state index in [1.165, 1.54) is 33.2 Å². The highest BCUT2D eigenvalue weighted by atomic mass is 32.2. The zero-order chi connectivity index (χ0) is 23.9. The monoisotopic (exact) mass is 495 g/mol. The Bertz CT molecular complexity index is 1560. The first kappa shape index (κ1) is 22.1. The van der Waals surface area contributed by atoms with Crippen molar-refractivity contribution in [3.63, 3.8) is 0 Å². The summed E-state index contributed by atoms with van der Waals surface area (Å²) in [6.45, 7) is 4.22. The van der Waals surface area contributed by atoms with Crippen molar-refractivity contribution in [1.82, 2.24) is 9.55 Å². The summed E-state index contributed by atoms with van der Waals surface area (Å²) in [5, 5.41) is 8.30. The average Bonchev–Trinajstić information content (AvgIpc) is 3.58. The van der Waals surface area contributed by atoms with E-state index in [4.69, 9.17) is 4.98 Å². The molecule has 0 fully saturated rings. The van der Waals surface area contributed by atoms with Crippen LogP contribution < -0.4 is 5.32 Å². The van der Waals surface area contributed by atoms with Crippen LogP contribution in [0, 0.1) is 13.8 Å². The standard InChI is InChI=1S/C29H25N3OS2/c1-18-15-24(19(2)32(18)22-8-4-3-5-9-22)25-16-35-29(30-25)31-27(33)17-34-26-14-13-21-12-11-20-7-6-10-23(26)28(20)21/h3-10,13-16H,11-12,17H2,1-2H3,(H,30,31,33). The molecular weight excluding hydrogens is 470 g/mol. The zero-order valence-electron chi connectivity index (χ0n) is 19.7. The lowest BCUT2D eigenvalue weighted by Crippen LogP contribution is -2.13. The van der Waals surface area contributed by atoms with Crippen LogP contribution >= 0.6 is 23.1 Å². The van der Waals surface area contributed by atoms with Gasteiger partial charge in [0.1, 0.15) is 0 Å². The molecule has 3 aromatic carbocycles. The molecule has 0 spiro atoms. The molecule has 35 heavy (non-hydrogen) atoms. The topological polar surface area (TPSA) is 46.9 Å². The predicted molar refractivity (Wildman–Crippen MR) is 147 cm³/mol. The number of aromatic nitrogens is 2. The number of thiazole rings is 1. The maximum Gasteiger partial charge on any atom is 0.236 e. The minimum atomic E-state index is -0.0334. The first-order valence-corrected chi connectivity index (χ1v) is 13.6. The van der Waals surface area contributed by atoms with Gasteiger partial charge in [0.25, 0.3) is 0 Å². The molecule has 0 atom stereocenters. The summed E-state index contributed by atoms with van der Waals surface area (Å²) in [4.78, 5) is 18.6. The summed E-state index contributed by atoms with van der Waals surface area (Å²) in [6, 6.07) is 23.4. The van der Waals surface area contributed by atoms with Crippen molar-refractivity contribution >= 4 is 44.9 Å². The van der Waals surface area contributed by atoms with Crippen LogP contribution in [0.25, 0.3) is 27.7 Å². The van der Waals surface area contributed by atoms with Gasteiger partial charge in [0.05, 0.1) is 11.4 Å². The van der Waals surface area contributed by atoms with Gasteiger partial charge in [-0.05, 0) is 72.9 Å². The average molecular weight is 496 g/mol. The maximum atomic E-state index is 12.8. The molecule has 2 aromatic heterocycles. The van der Waals surface area contributed by atoms with Crippen molar-refractivity contribution in [2.75, 3.05) is 11.1 Å². The van der Waals surface area contributed by atoms with E-state index in [9.17, 15) is 4.79 Å². The molecule has 1 amide bonds. The Labute approximate surface area is 213 Å². The van der Waals surface area contributed by atoms with Crippen LogP contribution in [-0.4, -0.2) is 21.2 Å². The Kier molecular flexibility index (Phi) is 5.71. The highest BCUT2D eigenvalue weighted by molar-refractivity contribution is 8.00. The second kappa shape index (κ2) is 9.02. The summed E-state index contributed by atoms with van der Waals surface area (Å²) >= 11 is 3.06. The molecule has 6 heteroatoms. The lowest BCUT2D eigenvalue weighted by molar-refractivity contribution is -0.113. The van der Waals surface area contributed by atoms with E-state index in [2.05, 4.69) is 72.3 Å². The molecule has 0 aliphatic heterocycles. The van der Waals surface area contributed by atoms with Crippen molar-refractivity contribution in [2.24, 2.45) is 0 Å². The molecule has 6 rings (SSSR count). The summed E-state index contributed by atoms with van der Waals surface area (Å²) < 4.78 is 2.24. The smallest absolute Gasteiger partial charge is 0.236 e. The van der Waals surface area contributed by atoms with E-state index in [1.807, 2.05) is 23.6 Å². The Morgan fingerprint density at radius 3 is 2.66 bits per heavy atom. The predicted octanol–water partition coefficient (Wildman–Crippen LogP) is 7.20. The number of amides is 1. The third kappa shape index (κ3) is 4.07. The highest BCUT2D eigenvalue weighted by Crippen LogP contribution is 2.37. The number of para-hydroxylation sites is 1. The molecule has 0 radical (unpaired) electrons. The molecule has 1 N–H and O–H groups in total. The van der Waals surface area contributed by atoms with E-state index in [1.54, 1.807) is 11.8 Å².